The largest absolute Gasteiger partial charge is 0.478 e. The maximum absolute atomic E-state index is 11.3. The highest BCUT2D eigenvalue weighted by atomic mass is 16.5. The molecule has 0 heterocycles. The monoisotopic (exact) mass is 230 g/mol. The lowest BCUT2D eigenvalue weighted by Gasteiger charge is -2.13. The maximum Gasteiger partial charge on any atom is 0.328 e. The topological polar surface area (TPSA) is 78.9 Å². The predicted molar refractivity (Wildman–Crippen MR) is 59.2 cm³/mol. The van der Waals surface area contributed by atoms with E-state index in [2.05, 4.69) is 5.32 Å². The molecular formula is C10H18N2O4. The van der Waals surface area contributed by atoms with Gasteiger partial charge in [0.15, 0.2) is 0 Å². The van der Waals surface area contributed by atoms with Gasteiger partial charge in [0, 0.05) is 26.3 Å². The molecule has 0 atom stereocenters. The van der Waals surface area contributed by atoms with Gasteiger partial charge in [-0.1, -0.05) is 6.08 Å². The van der Waals surface area contributed by atoms with Crippen molar-refractivity contribution in [2.24, 2.45) is 0 Å². The summed E-state index contributed by atoms with van der Waals surface area (Å²) < 4.78 is 4.78. The second-order valence-corrected chi connectivity index (χ2v) is 3.28. The third-order valence-corrected chi connectivity index (χ3v) is 1.72. The molecule has 16 heavy (non-hydrogen) atoms. The van der Waals surface area contributed by atoms with Gasteiger partial charge in [-0.15, -0.1) is 0 Å². The predicted octanol–water partition coefficient (Wildman–Crippen LogP) is -0.678. The molecule has 92 valence electrons. The molecule has 0 aromatic heterocycles. The minimum Gasteiger partial charge on any atom is -0.478 e. The van der Waals surface area contributed by atoms with Crippen LogP contribution < -0.4 is 5.32 Å². The van der Waals surface area contributed by atoms with Crippen molar-refractivity contribution in [2.75, 3.05) is 40.4 Å². The molecule has 0 aromatic rings. The highest BCUT2D eigenvalue weighted by Crippen LogP contribution is 1.84. The molecule has 0 aliphatic heterocycles. The number of aliphatic carboxylic acids is 1. The van der Waals surface area contributed by atoms with E-state index in [1.165, 1.54) is 6.08 Å². The van der Waals surface area contributed by atoms with Crippen LogP contribution in [0.3, 0.4) is 0 Å². The van der Waals surface area contributed by atoms with Crippen molar-refractivity contribution in [2.45, 2.75) is 0 Å². The fraction of sp³-hybridized carbons (Fsp3) is 0.600. The lowest BCUT2D eigenvalue weighted by molar-refractivity contribution is -0.131. The van der Waals surface area contributed by atoms with E-state index < -0.39 is 5.97 Å². The zero-order valence-corrected chi connectivity index (χ0v) is 9.60. The summed E-state index contributed by atoms with van der Waals surface area (Å²) in [6.07, 6.45) is 2.55. The van der Waals surface area contributed by atoms with Gasteiger partial charge in [-0.05, 0) is 7.05 Å². The number of amides is 1. The van der Waals surface area contributed by atoms with Gasteiger partial charge in [-0.3, -0.25) is 9.69 Å². The highest BCUT2D eigenvalue weighted by molar-refractivity contribution is 5.80. The zero-order valence-electron chi connectivity index (χ0n) is 9.60. The number of nitrogens with zero attached hydrogens (tertiary/aromatic N) is 1. The Balaban J connectivity index is 3.65. The Bertz CT molecular complexity index is 253. The van der Waals surface area contributed by atoms with Crippen molar-refractivity contribution in [3.8, 4) is 0 Å². The molecule has 0 saturated heterocycles. The third kappa shape index (κ3) is 9.17. The molecule has 1 amide bonds. The van der Waals surface area contributed by atoms with Gasteiger partial charge < -0.3 is 15.2 Å². The Morgan fingerprint density at radius 2 is 2.19 bits per heavy atom. The minimum absolute atomic E-state index is 0.108. The normalized spacial score (nSPS) is 10.9. The van der Waals surface area contributed by atoms with Gasteiger partial charge in [-0.2, -0.15) is 0 Å². The van der Waals surface area contributed by atoms with Crippen molar-refractivity contribution in [3.63, 3.8) is 0 Å². The number of rotatable bonds is 8. The van der Waals surface area contributed by atoms with Crippen molar-refractivity contribution in [1.29, 1.82) is 0 Å². The first-order valence-corrected chi connectivity index (χ1v) is 4.90. The molecule has 0 spiro atoms. The number of hydrogen-bond donors (Lipinski definition) is 2. The summed E-state index contributed by atoms with van der Waals surface area (Å²) in [4.78, 5) is 23.2. The van der Waals surface area contributed by atoms with Gasteiger partial charge >= 0.3 is 5.97 Å². The molecule has 6 nitrogen and oxygen atoms in total. The summed E-state index contributed by atoms with van der Waals surface area (Å²) in [7, 11) is 3.30. The number of carbonyl (C=O) groups is 2. The first-order valence-electron chi connectivity index (χ1n) is 4.90. The SMILES string of the molecule is COCCNC(=O)CN(C)CC=CC(=O)O. The number of likely N-dealkylation sites (N-methyl/N-ethyl adjacent to an activating group) is 1. The summed E-state index contributed by atoms with van der Waals surface area (Å²) in [6.45, 7) is 1.61. The summed E-state index contributed by atoms with van der Waals surface area (Å²) in [5.41, 5.74) is 0. The molecule has 0 fully saturated rings. The second kappa shape index (κ2) is 8.87. The lowest BCUT2D eigenvalue weighted by Crippen LogP contribution is -2.36. The van der Waals surface area contributed by atoms with Crippen LogP contribution in [0.4, 0.5) is 0 Å². The average Bonchev–Trinajstić information content (AvgIpc) is 2.17. The number of carbonyl (C=O) groups excluding carboxylic acids is 1. The Hall–Kier alpha value is -1.40. The van der Waals surface area contributed by atoms with Crippen LogP contribution in [0, 0.1) is 0 Å². The molecule has 0 rings (SSSR count). The van der Waals surface area contributed by atoms with Crippen LogP contribution in [0.25, 0.3) is 0 Å². The molecule has 0 aliphatic carbocycles. The second-order valence-electron chi connectivity index (χ2n) is 3.28. The van der Waals surface area contributed by atoms with Crippen molar-refractivity contribution >= 4 is 11.9 Å². The Morgan fingerprint density at radius 1 is 1.50 bits per heavy atom. The molecule has 0 bridgehead atoms. The zero-order chi connectivity index (χ0) is 12.4. The van der Waals surface area contributed by atoms with Crippen molar-refractivity contribution < 1.29 is 19.4 Å². The summed E-state index contributed by atoms with van der Waals surface area (Å²) in [5, 5.41) is 11.0. The number of nitrogens with one attached hydrogen (secondary N) is 1. The smallest absolute Gasteiger partial charge is 0.328 e. The molecular weight excluding hydrogens is 212 g/mol. The van der Waals surface area contributed by atoms with Crippen molar-refractivity contribution in [3.05, 3.63) is 12.2 Å². The Morgan fingerprint density at radius 3 is 2.75 bits per heavy atom. The maximum atomic E-state index is 11.3. The quantitative estimate of drug-likeness (QED) is 0.427. The number of carboxylic acids is 1. The molecule has 0 radical (unpaired) electrons. The van der Waals surface area contributed by atoms with Crippen LogP contribution in [0.2, 0.25) is 0 Å². The van der Waals surface area contributed by atoms with E-state index >= 15 is 0 Å². The molecule has 6 heteroatoms. The van der Waals surface area contributed by atoms with E-state index in [0.717, 1.165) is 6.08 Å². The first-order chi connectivity index (χ1) is 7.56. The summed E-state index contributed by atoms with van der Waals surface area (Å²) >= 11 is 0. The third-order valence-electron chi connectivity index (χ3n) is 1.72. The van der Waals surface area contributed by atoms with Crippen LogP contribution >= 0.6 is 0 Å². The van der Waals surface area contributed by atoms with E-state index in [-0.39, 0.29) is 12.5 Å². The van der Waals surface area contributed by atoms with Crippen LogP contribution in [-0.4, -0.2) is 62.3 Å². The average molecular weight is 230 g/mol. The van der Waals surface area contributed by atoms with E-state index in [1.807, 2.05) is 0 Å². The van der Waals surface area contributed by atoms with E-state index in [0.29, 0.717) is 19.7 Å². The van der Waals surface area contributed by atoms with Gasteiger partial charge in [-0.25, -0.2) is 4.79 Å². The summed E-state index contributed by atoms with van der Waals surface area (Å²) in [5.74, 6) is -1.10. The fourth-order valence-electron chi connectivity index (χ4n) is 0.992. The van der Waals surface area contributed by atoms with Gasteiger partial charge in [0.2, 0.25) is 5.91 Å². The summed E-state index contributed by atoms with van der Waals surface area (Å²) in [6, 6.07) is 0. The Kier molecular flexibility index (Phi) is 8.10. The number of hydrogen-bond acceptors (Lipinski definition) is 4. The van der Waals surface area contributed by atoms with Crippen LogP contribution in [0.15, 0.2) is 12.2 Å². The first kappa shape index (κ1) is 14.6. The molecule has 0 aliphatic rings. The number of carboxylic acid groups (broad SMARTS) is 1. The fourth-order valence-corrected chi connectivity index (χ4v) is 0.992. The molecule has 0 unspecified atom stereocenters. The number of methoxy groups -OCH3 is 1. The lowest BCUT2D eigenvalue weighted by atomic mass is 10.4. The van der Waals surface area contributed by atoms with Crippen LogP contribution in [0.1, 0.15) is 0 Å². The Labute approximate surface area is 94.9 Å². The molecule has 0 aromatic carbocycles. The number of ether oxygens (including phenoxy) is 1. The van der Waals surface area contributed by atoms with E-state index in [9.17, 15) is 9.59 Å². The van der Waals surface area contributed by atoms with Gasteiger partial charge in [0.05, 0.1) is 13.2 Å². The highest BCUT2D eigenvalue weighted by Gasteiger charge is 2.03. The standard InChI is InChI=1S/C10H18N2O4/c1-12(6-3-4-10(14)15)8-9(13)11-5-7-16-2/h3-4H,5-8H2,1-2H3,(H,11,13)(H,14,15). The van der Waals surface area contributed by atoms with Crippen LogP contribution in [-0.2, 0) is 14.3 Å². The molecule has 2 N–H and O–H groups in total. The van der Waals surface area contributed by atoms with Gasteiger partial charge in [0.1, 0.15) is 0 Å². The van der Waals surface area contributed by atoms with Crippen LogP contribution in [0.5, 0.6) is 0 Å². The van der Waals surface area contributed by atoms with E-state index in [4.69, 9.17) is 9.84 Å². The minimum atomic E-state index is -0.988. The van der Waals surface area contributed by atoms with E-state index in [1.54, 1.807) is 19.1 Å². The molecule has 0 saturated carbocycles. The van der Waals surface area contributed by atoms with Crippen molar-refractivity contribution in [1.82, 2.24) is 10.2 Å². The van der Waals surface area contributed by atoms with Gasteiger partial charge in [0.25, 0.3) is 0 Å².